The maximum atomic E-state index is 11.1. The topological polar surface area (TPSA) is 72.6 Å². The van der Waals surface area contributed by atoms with Gasteiger partial charge in [-0.3, -0.25) is 4.79 Å². The first-order valence-corrected chi connectivity index (χ1v) is 4.72. The van der Waals surface area contributed by atoms with E-state index in [1.54, 1.807) is 0 Å². The first-order valence-electron chi connectivity index (χ1n) is 4.72. The summed E-state index contributed by atoms with van der Waals surface area (Å²) < 4.78 is 5.22. The molecule has 1 heterocycles. The molecule has 13 heavy (non-hydrogen) atoms. The Morgan fingerprint density at radius 3 is 2.62 bits per heavy atom. The molecule has 0 amide bonds. The molecular formula is C9H15NO3. The molecule has 4 heteroatoms. The van der Waals surface area contributed by atoms with E-state index in [1.165, 1.54) is 0 Å². The van der Waals surface area contributed by atoms with Crippen molar-refractivity contribution in [2.75, 3.05) is 13.2 Å². The van der Waals surface area contributed by atoms with Crippen molar-refractivity contribution in [3.63, 3.8) is 0 Å². The number of carboxylic acids is 1. The van der Waals surface area contributed by atoms with E-state index in [9.17, 15) is 4.79 Å². The number of hydrogen-bond donors (Lipinski definition) is 2. The minimum absolute atomic E-state index is 0.0803. The van der Waals surface area contributed by atoms with Gasteiger partial charge in [-0.25, -0.2) is 0 Å². The lowest BCUT2D eigenvalue weighted by atomic mass is 9.58. The average Bonchev–Trinajstić information content (AvgIpc) is 2.49. The monoisotopic (exact) mass is 185 g/mol. The van der Waals surface area contributed by atoms with Crippen LogP contribution in [0.15, 0.2) is 0 Å². The molecular weight excluding hydrogens is 170 g/mol. The van der Waals surface area contributed by atoms with Gasteiger partial charge in [0.25, 0.3) is 0 Å². The van der Waals surface area contributed by atoms with Crippen LogP contribution in [-0.2, 0) is 9.53 Å². The van der Waals surface area contributed by atoms with Crippen molar-refractivity contribution in [2.45, 2.75) is 25.3 Å². The van der Waals surface area contributed by atoms with Crippen LogP contribution in [0.4, 0.5) is 0 Å². The highest BCUT2D eigenvalue weighted by Crippen LogP contribution is 2.49. The standard InChI is InChI=1S/C9H15NO3/c10-7-3-9(4-7,8(11)12)6-1-2-13-5-6/h6-7H,1-5,10H2,(H,11,12). The van der Waals surface area contributed by atoms with Gasteiger partial charge in [-0.15, -0.1) is 0 Å². The van der Waals surface area contributed by atoms with Crippen LogP contribution >= 0.6 is 0 Å². The van der Waals surface area contributed by atoms with Crippen molar-refractivity contribution < 1.29 is 14.6 Å². The zero-order chi connectivity index (χ0) is 9.47. The molecule has 0 radical (unpaired) electrons. The van der Waals surface area contributed by atoms with E-state index in [0.717, 1.165) is 6.42 Å². The lowest BCUT2D eigenvalue weighted by Crippen LogP contribution is -2.55. The summed E-state index contributed by atoms with van der Waals surface area (Å²) in [5, 5.41) is 9.15. The summed E-state index contributed by atoms with van der Waals surface area (Å²) >= 11 is 0. The van der Waals surface area contributed by atoms with E-state index in [0.29, 0.717) is 26.1 Å². The quantitative estimate of drug-likeness (QED) is 0.645. The largest absolute Gasteiger partial charge is 0.481 e. The summed E-state index contributed by atoms with van der Waals surface area (Å²) in [6, 6.07) is 0.0803. The Balaban J connectivity index is 2.10. The van der Waals surface area contributed by atoms with Gasteiger partial charge in [0.2, 0.25) is 0 Å². The van der Waals surface area contributed by atoms with Crippen molar-refractivity contribution in [3.8, 4) is 0 Å². The molecule has 2 aliphatic rings. The van der Waals surface area contributed by atoms with Gasteiger partial charge in [-0.2, -0.15) is 0 Å². The fraction of sp³-hybridized carbons (Fsp3) is 0.889. The molecule has 4 nitrogen and oxygen atoms in total. The molecule has 0 bridgehead atoms. The van der Waals surface area contributed by atoms with Crippen LogP contribution in [0, 0.1) is 11.3 Å². The molecule has 0 aromatic carbocycles. The third kappa shape index (κ3) is 1.25. The van der Waals surface area contributed by atoms with Gasteiger partial charge in [0.15, 0.2) is 0 Å². The van der Waals surface area contributed by atoms with Crippen molar-refractivity contribution in [1.29, 1.82) is 0 Å². The van der Waals surface area contributed by atoms with Crippen LogP contribution < -0.4 is 5.73 Å². The number of carbonyl (C=O) groups is 1. The fourth-order valence-electron chi connectivity index (χ4n) is 2.53. The van der Waals surface area contributed by atoms with Crippen LogP contribution in [0.2, 0.25) is 0 Å². The van der Waals surface area contributed by atoms with E-state index < -0.39 is 11.4 Å². The predicted octanol–water partition coefficient (Wildman–Crippen LogP) is 0.215. The Kier molecular flexibility index (Phi) is 2.04. The van der Waals surface area contributed by atoms with Gasteiger partial charge in [-0.1, -0.05) is 0 Å². The first-order chi connectivity index (χ1) is 6.15. The van der Waals surface area contributed by atoms with Gasteiger partial charge in [0.1, 0.15) is 0 Å². The van der Waals surface area contributed by atoms with E-state index in [-0.39, 0.29) is 12.0 Å². The SMILES string of the molecule is NC1CC(C(=O)O)(C2CCOC2)C1. The van der Waals surface area contributed by atoms with Gasteiger partial charge >= 0.3 is 5.97 Å². The zero-order valence-corrected chi connectivity index (χ0v) is 7.53. The number of aliphatic carboxylic acids is 1. The number of nitrogens with two attached hydrogens (primary N) is 1. The molecule has 1 aliphatic heterocycles. The highest BCUT2D eigenvalue weighted by atomic mass is 16.5. The third-order valence-electron chi connectivity index (χ3n) is 3.39. The van der Waals surface area contributed by atoms with Crippen molar-refractivity contribution in [3.05, 3.63) is 0 Å². The lowest BCUT2D eigenvalue weighted by molar-refractivity contribution is -0.161. The average molecular weight is 185 g/mol. The Bertz CT molecular complexity index is 217. The summed E-state index contributed by atoms with van der Waals surface area (Å²) in [5.41, 5.74) is 5.10. The molecule has 0 aromatic rings. The summed E-state index contributed by atoms with van der Waals surface area (Å²) in [4.78, 5) is 11.1. The Hall–Kier alpha value is -0.610. The second-order valence-corrected chi connectivity index (χ2v) is 4.19. The zero-order valence-electron chi connectivity index (χ0n) is 7.53. The number of hydrogen-bond acceptors (Lipinski definition) is 3. The van der Waals surface area contributed by atoms with Crippen LogP contribution in [0.5, 0.6) is 0 Å². The van der Waals surface area contributed by atoms with E-state index in [4.69, 9.17) is 15.6 Å². The summed E-state index contributed by atoms with van der Waals surface area (Å²) in [5.74, 6) is -0.505. The summed E-state index contributed by atoms with van der Waals surface area (Å²) in [7, 11) is 0. The van der Waals surface area contributed by atoms with Gasteiger partial charge in [0, 0.05) is 18.6 Å². The number of ether oxygens (including phenoxy) is 1. The Morgan fingerprint density at radius 2 is 2.23 bits per heavy atom. The smallest absolute Gasteiger partial charge is 0.310 e. The van der Waals surface area contributed by atoms with Crippen molar-refractivity contribution >= 4 is 5.97 Å². The first kappa shape index (κ1) is 8.97. The molecule has 3 N–H and O–H groups in total. The normalized spacial score (nSPS) is 44.4. The van der Waals surface area contributed by atoms with E-state index in [1.807, 2.05) is 0 Å². The number of carboxylic acid groups (broad SMARTS) is 1. The molecule has 1 saturated heterocycles. The molecule has 1 aliphatic carbocycles. The van der Waals surface area contributed by atoms with Gasteiger partial charge < -0.3 is 15.6 Å². The van der Waals surface area contributed by atoms with E-state index >= 15 is 0 Å². The third-order valence-corrected chi connectivity index (χ3v) is 3.39. The highest BCUT2D eigenvalue weighted by Gasteiger charge is 2.55. The molecule has 0 spiro atoms. The molecule has 2 rings (SSSR count). The Morgan fingerprint density at radius 1 is 1.54 bits per heavy atom. The van der Waals surface area contributed by atoms with Crippen LogP contribution in [0.3, 0.4) is 0 Å². The molecule has 1 saturated carbocycles. The maximum absolute atomic E-state index is 11.1. The Labute approximate surface area is 77.1 Å². The fourth-order valence-corrected chi connectivity index (χ4v) is 2.53. The maximum Gasteiger partial charge on any atom is 0.310 e. The second kappa shape index (κ2) is 2.96. The number of rotatable bonds is 2. The van der Waals surface area contributed by atoms with Crippen molar-refractivity contribution in [2.24, 2.45) is 17.1 Å². The van der Waals surface area contributed by atoms with Crippen LogP contribution in [0.1, 0.15) is 19.3 Å². The summed E-state index contributed by atoms with van der Waals surface area (Å²) in [6.45, 7) is 1.30. The van der Waals surface area contributed by atoms with Gasteiger partial charge in [0.05, 0.1) is 12.0 Å². The molecule has 74 valence electrons. The highest BCUT2D eigenvalue weighted by molar-refractivity contribution is 5.76. The minimum atomic E-state index is -0.690. The molecule has 0 aromatic heterocycles. The summed E-state index contributed by atoms with van der Waals surface area (Å²) in [6.07, 6.45) is 2.12. The minimum Gasteiger partial charge on any atom is -0.481 e. The van der Waals surface area contributed by atoms with Crippen LogP contribution in [-0.4, -0.2) is 30.3 Å². The lowest BCUT2D eigenvalue weighted by Gasteiger charge is -2.46. The van der Waals surface area contributed by atoms with Gasteiger partial charge in [-0.05, 0) is 19.3 Å². The molecule has 1 atom stereocenters. The van der Waals surface area contributed by atoms with Crippen LogP contribution in [0.25, 0.3) is 0 Å². The predicted molar refractivity (Wildman–Crippen MR) is 46.2 cm³/mol. The van der Waals surface area contributed by atoms with Crippen molar-refractivity contribution in [1.82, 2.24) is 0 Å². The second-order valence-electron chi connectivity index (χ2n) is 4.19. The van der Waals surface area contributed by atoms with E-state index in [2.05, 4.69) is 0 Å². The molecule has 2 fully saturated rings. The molecule has 1 unspecified atom stereocenters.